The van der Waals surface area contributed by atoms with Gasteiger partial charge in [-0.05, 0) is 41.6 Å². The molecule has 1 saturated heterocycles. The van der Waals surface area contributed by atoms with Gasteiger partial charge >= 0.3 is 0 Å². The highest BCUT2D eigenvalue weighted by atomic mass is 35.5. The maximum absolute atomic E-state index is 13.1. The van der Waals surface area contributed by atoms with E-state index < -0.39 is 10.8 Å². The third-order valence-corrected chi connectivity index (χ3v) is 7.48. The molecule has 0 aliphatic carbocycles. The Labute approximate surface area is 220 Å². The van der Waals surface area contributed by atoms with Crippen molar-refractivity contribution < 1.29 is 14.5 Å². The number of carbonyl (C=O) groups is 2. The second kappa shape index (κ2) is 9.81. The van der Waals surface area contributed by atoms with Crippen LogP contribution in [0.5, 0.6) is 0 Å². The van der Waals surface area contributed by atoms with Crippen LogP contribution in [0.4, 0.5) is 10.5 Å². The fourth-order valence-electron chi connectivity index (χ4n) is 4.13. The summed E-state index contributed by atoms with van der Waals surface area (Å²) < 4.78 is 1.91. The van der Waals surface area contributed by atoms with Crippen molar-refractivity contribution in [1.29, 1.82) is 0 Å². The maximum Gasteiger partial charge on any atom is 0.293 e. The predicted octanol–water partition coefficient (Wildman–Crippen LogP) is 7.14. The molecule has 1 fully saturated rings. The zero-order valence-corrected chi connectivity index (χ0v) is 20.9. The van der Waals surface area contributed by atoms with Gasteiger partial charge in [0.25, 0.3) is 16.8 Å². The van der Waals surface area contributed by atoms with Crippen molar-refractivity contribution >= 4 is 68.8 Å². The topological polar surface area (TPSA) is 85.5 Å². The molecule has 1 aromatic heterocycles. The average molecular weight is 538 g/mol. The number of imide groups is 1. The predicted molar refractivity (Wildman–Crippen MR) is 142 cm³/mol. The number of hydrogen-bond acceptors (Lipinski definition) is 5. The van der Waals surface area contributed by atoms with Gasteiger partial charge in [-0.25, -0.2) is 0 Å². The molecule has 4 aromatic rings. The Morgan fingerprint density at radius 1 is 0.944 bits per heavy atom. The van der Waals surface area contributed by atoms with Crippen LogP contribution < -0.4 is 0 Å². The molecule has 36 heavy (non-hydrogen) atoms. The summed E-state index contributed by atoms with van der Waals surface area (Å²) in [5.74, 6) is -0.397. The maximum atomic E-state index is 13.1. The highest BCUT2D eigenvalue weighted by Gasteiger charge is 2.35. The molecule has 0 radical (unpaired) electrons. The lowest BCUT2D eigenvalue weighted by Crippen LogP contribution is -2.27. The largest absolute Gasteiger partial charge is 0.342 e. The number of nitro groups is 1. The molecule has 1 aliphatic heterocycles. The molecule has 0 atom stereocenters. The van der Waals surface area contributed by atoms with E-state index in [1.54, 1.807) is 42.5 Å². The van der Waals surface area contributed by atoms with Crippen molar-refractivity contribution in [2.75, 3.05) is 0 Å². The van der Waals surface area contributed by atoms with Gasteiger partial charge in [0.2, 0.25) is 0 Å². The van der Waals surface area contributed by atoms with Crippen molar-refractivity contribution in [2.24, 2.45) is 0 Å². The number of benzene rings is 3. The number of halogens is 2. The molecule has 1 aliphatic rings. The quantitative estimate of drug-likeness (QED) is 0.148. The Bertz CT molecular complexity index is 1580. The molecule has 0 N–H and O–H groups in total. The smallest absolute Gasteiger partial charge is 0.293 e. The van der Waals surface area contributed by atoms with Crippen molar-refractivity contribution in [3.8, 4) is 0 Å². The first kappa shape index (κ1) is 24.1. The number of amides is 2. The normalized spacial score (nSPS) is 14.8. The van der Waals surface area contributed by atoms with Crippen molar-refractivity contribution in [2.45, 2.75) is 13.1 Å². The SMILES string of the molecule is O=C1S/C(=C\c2cn(Cc3ccccc3[N+](=O)[O-])c3ccccc23)C(=O)N1Cc1ccc(Cl)c(Cl)c1. The van der Waals surface area contributed by atoms with Crippen LogP contribution in [-0.4, -0.2) is 25.5 Å². The molecule has 7 nitrogen and oxygen atoms in total. The summed E-state index contributed by atoms with van der Waals surface area (Å²) in [5, 5.41) is 12.7. The lowest BCUT2D eigenvalue weighted by atomic mass is 10.1. The van der Waals surface area contributed by atoms with Gasteiger partial charge in [0, 0.05) is 34.3 Å². The lowest BCUT2D eigenvalue weighted by Gasteiger charge is -2.12. The Balaban J connectivity index is 1.47. The molecule has 180 valence electrons. The summed E-state index contributed by atoms with van der Waals surface area (Å²) in [5.41, 5.74) is 2.90. The van der Waals surface area contributed by atoms with Crippen molar-refractivity contribution in [1.82, 2.24) is 9.47 Å². The van der Waals surface area contributed by atoms with E-state index in [9.17, 15) is 19.7 Å². The number of para-hydroxylation sites is 2. The molecule has 10 heteroatoms. The molecule has 0 saturated carbocycles. The number of rotatable bonds is 6. The first-order valence-corrected chi connectivity index (χ1v) is 12.4. The van der Waals surface area contributed by atoms with Gasteiger partial charge in [0.15, 0.2) is 0 Å². The van der Waals surface area contributed by atoms with E-state index in [4.69, 9.17) is 23.2 Å². The first-order chi connectivity index (χ1) is 17.3. The third kappa shape index (κ3) is 4.63. The summed E-state index contributed by atoms with van der Waals surface area (Å²) in [6.45, 7) is 0.364. The summed E-state index contributed by atoms with van der Waals surface area (Å²) >= 11 is 12.9. The molecular weight excluding hydrogens is 521 g/mol. The first-order valence-electron chi connectivity index (χ1n) is 10.8. The van der Waals surface area contributed by atoms with Gasteiger partial charge < -0.3 is 4.57 Å². The van der Waals surface area contributed by atoms with Crippen LogP contribution in [-0.2, 0) is 17.9 Å². The fraction of sp³-hybridized carbons (Fsp3) is 0.0769. The van der Waals surface area contributed by atoms with Crippen LogP contribution in [0, 0.1) is 10.1 Å². The second-order valence-electron chi connectivity index (χ2n) is 8.13. The van der Waals surface area contributed by atoms with Crippen LogP contribution in [0.1, 0.15) is 16.7 Å². The van der Waals surface area contributed by atoms with Gasteiger partial charge in [0.05, 0.1) is 33.0 Å². The van der Waals surface area contributed by atoms with Gasteiger partial charge in [-0.3, -0.25) is 24.6 Å². The van der Waals surface area contributed by atoms with E-state index in [0.29, 0.717) is 26.1 Å². The number of fused-ring (bicyclic) bond motifs is 1. The number of aromatic nitrogens is 1. The van der Waals surface area contributed by atoms with E-state index >= 15 is 0 Å². The van der Waals surface area contributed by atoms with E-state index in [0.717, 1.165) is 28.2 Å². The summed E-state index contributed by atoms with van der Waals surface area (Å²) in [4.78, 5) is 38.3. The van der Waals surface area contributed by atoms with Crippen LogP contribution in [0.25, 0.3) is 17.0 Å². The number of thioether (sulfide) groups is 1. The minimum absolute atomic E-state index is 0.0419. The molecule has 3 aromatic carbocycles. The Kier molecular flexibility index (Phi) is 6.57. The van der Waals surface area contributed by atoms with E-state index in [-0.39, 0.29) is 24.0 Å². The van der Waals surface area contributed by atoms with Gasteiger partial charge in [-0.15, -0.1) is 0 Å². The molecule has 0 bridgehead atoms. The minimum atomic E-state index is -0.397. The lowest BCUT2D eigenvalue weighted by molar-refractivity contribution is -0.385. The molecule has 5 rings (SSSR count). The van der Waals surface area contributed by atoms with Crippen LogP contribution in [0.3, 0.4) is 0 Å². The average Bonchev–Trinajstić information content (AvgIpc) is 3.33. The van der Waals surface area contributed by atoms with E-state index in [1.807, 2.05) is 35.0 Å². The van der Waals surface area contributed by atoms with Crippen LogP contribution in [0.15, 0.2) is 77.8 Å². The van der Waals surface area contributed by atoms with Crippen molar-refractivity contribution in [3.63, 3.8) is 0 Å². The minimum Gasteiger partial charge on any atom is -0.342 e. The van der Waals surface area contributed by atoms with E-state index in [2.05, 4.69) is 0 Å². The third-order valence-electron chi connectivity index (χ3n) is 5.83. The molecule has 0 unspecified atom stereocenters. The summed E-state index contributed by atoms with van der Waals surface area (Å²) in [6.07, 6.45) is 3.53. The Morgan fingerprint density at radius 3 is 2.47 bits per heavy atom. The fourth-order valence-corrected chi connectivity index (χ4v) is 5.28. The Hall–Kier alpha value is -3.59. The molecule has 2 heterocycles. The summed E-state index contributed by atoms with van der Waals surface area (Å²) in [7, 11) is 0. The number of nitro benzene ring substituents is 1. The summed E-state index contributed by atoms with van der Waals surface area (Å²) in [6, 6.07) is 19.2. The van der Waals surface area contributed by atoms with Gasteiger partial charge in [-0.2, -0.15) is 0 Å². The highest BCUT2D eigenvalue weighted by molar-refractivity contribution is 8.18. The molecular formula is C26H17Cl2N3O4S. The number of carbonyl (C=O) groups excluding carboxylic acids is 2. The molecule has 0 spiro atoms. The van der Waals surface area contributed by atoms with Crippen LogP contribution in [0.2, 0.25) is 10.0 Å². The van der Waals surface area contributed by atoms with Gasteiger partial charge in [-0.1, -0.05) is 65.7 Å². The molecule has 2 amide bonds. The van der Waals surface area contributed by atoms with Crippen molar-refractivity contribution in [3.05, 3.63) is 115 Å². The monoisotopic (exact) mass is 537 g/mol. The standard InChI is InChI=1S/C26H17Cl2N3O4S/c27-20-10-9-16(11-21(20)28)13-30-25(32)24(36-26(30)33)12-18-15-29(23-8-4-2-6-19(18)23)14-17-5-1-3-7-22(17)31(34)35/h1-12,15H,13-14H2/b24-12-. The zero-order valence-electron chi connectivity index (χ0n) is 18.6. The number of hydrogen-bond donors (Lipinski definition) is 0. The second-order valence-corrected chi connectivity index (χ2v) is 9.94. The number of nitrogens with zero attached hydrogens (tertiary/aromatic N) is 3. The zero-order chi connectivity index (χ0) is 25.4. The van der Waals surface area contributed by atoms with E-state index in [1.165, 1.54) is 11.0 Å². The van der Waals surface area contributed by atoms with Gasteiger partial charge in [0.1, 0.15) is 0 Å². The van der Waals surface area contributed by atoms with Crippen LogP contribution >= 0.6 is 35.0 Å². The Morgan fingerprint density at radius 2 is 1.69 bits per heavy atom. The highest BCUT2D eigenvalue weighted by Crippen LogP contribution is 2.36.